The Labute approximate surface area is 146 Å². The summed E-state index contributed by atoms with van der Waals surface area (Å²) in [5.74, 6) is 1.28. The largest absolute Gasteiger partial charge is 0.461 e. The number of esters is 1. The van der Waals surface area contributed by atoms with Gasteiger partial charge in [-0.3, -0.25) is 4.79 Å². The molecular formula is C19H21N3O3. The lowest BCUT2D eigenvalue weighted by molar-refractivity contribution is 0.0520. The van der Waals surface area contributed by atoms with E-state index < -0.39 is 5.97 Å². The van der Waals surface area contributed by atoms with Crippen molar-refractivity contribution >= 4 is 17.9 Å². The number of piperidine rings is 1. The first kappa shape index (κ1) is 15.9. The molecule has 2 atom stereocenters. The summed E-state index contributed by atoms with van der Waals surface area (Å²) in [5.41, 5.74) is 3.00. The van der Waals surface area contributed by atoms with E-state index in [9.17, 15) is 9.59 Å². The van der Waals surface area contributed by atoms with E-state index in [1.807, 2.05) is 12.1 Å². The molecule has 1 saturated carbocycles. The Balaban J connectivity index is 1.50. The Morgan fingerprint density at radius 3 is 2.88 bits per heavy atom. The van der Waals surface area contributed by atoms with Crippen LogP contribution in [0.1, 0.15) is 39.8 Å². The zero-order valence-electron chi connectivity index (χ0n) is 14.2. The summed E-state index contributed by atoms with van der Waals surface area (Å²) >= 11 is 0. The second-order valence-electron chi connectivity index (χ2n) is 6.81. The van der Waals surface area contributed by atoms with Crippen LogP contribution in [0.4, 0.5) is 5.69 Å². The summed E-state index contributed by atoms with van der Waals surface area (Å²) in [5, 5.41) is 0. The average molecular weight is 339 g/mol. The van der Waals surface area contributed by atoms with Gasteiger partial charge in [0.1, 0.15) is 6.29 Å². The SMILES string of the molecule is CCOC(=O)c1cn(Cc2ccc(N3CC4CC4C3)cc2C=O)cn1. The first-order valence-corrected chi connectivity index (χ1v) is 8.70. The molecule has 0 amide bonds. The molecule has 1 saturated heterocycles. The summed E-state index contributed by atoms with van der Waals surface area (Å²) in [4.78, 5) is 29.7. The number of benzene rings is 1. The molecule has 0 bridgehead atoms. The molecule has 2 heterocycles. The summed E-state index contributed by atoms with van der Waals surface area (Å²) in [6, 6.07) is 6.04. The van der Waals surface area contributed by atoms with E-state index in [2.05, 4.69) is 16.0 Å². The van der Waals surface area contributed by atoms with E-state index in [0.717, 1.165) is 42.5 Å². The fourth-order valence-electron chi connectivity index (χ4n) is 3.60. The number of anilines is 1. The minimum absolute atomic E-state index is 0.280. The van der Waals surface area contributed by atoms with Crippen molar-refractivity contribution in [2.75, 3.05) is 24.6 Å². The van der Waals surface area contributed by atoms with Gasteiger partial charge in [-0.1, -0.05) is 6.07 Å². The van der Waals surface area contributed by atoms with Crippen molar-refractivity contribution in [2.24, 2.45) is 11.8 Å². The van der Waals surface area contributed by atoms with Gasteiger partial charge in [0.25, 0.3) is 0 Å². The van der Waals surface area contributed by atoms with Crippen LogP contribution >= 0.6 is 0 Å². The molecule has 6 heteroatoms. The predicted molar refractivity (Wildman–Crippen MR) is 92.9 cm³/mol. The Morgan fingerprint density at radius 1 is 1.36 bits per heavy atom. The number of aldehydes is 1. The van der Waals surface area contributed by atoms with Gasteiger partial charge in [0.15, 0.2) is 5.69 Å². The maximum Gasteiger partial charge on any atom is 0.358 e. The lowest BCUT2D eigenvalue weighted by Gasteiger charge is -2.21. The maximum absolute atomic E-state index is 11.7. The Hall–Kier alpha value is -2.63. The van der Waals surface area contributed by atoms with Gasteiger partial charge in [-0.25, -0.2) is 9.78 Å². The highest BCUT2D eigenvalue weighted by Crippen LogP contribution is 2.46. The quantitative estimate of drug-likeness (QED) is 0.597. The number of hydrogen-bond donors (Lipinski definition) is 0. The Morgan fingerprint density at radius 2 is 2.16 bits per heavy atom. The van der Waals surface area contributed by atoms with E-state index in [4.69, 9.17) is 4.74 Å². The van der Waals surface area contributed by atoms with Gasteiger partial charge in [0, 0.05) is 37.1 Å². The minimum Gasteiger partial charge on any atom is -0.461 e. The number of ether oxygens (including phenoxy) is 1. The molecule has 1 aromatic heterocycles. The molecule has 0 radical (unpaired) electrons. The molecule has 6 nitrogen and oxygen atoms in total. The lowest BCUT2D eigenvalue weighted by atomic mass is 10.1. The van der Waals surface area contributed by atoms with Crippen LogP contribution in [0.15, 0.2) is 30.7 Å². The summed E-state index contributed by atoms with van der Waals surface area (Å²) in [6.45, 7) is 4.78. The zero-order chi connectivity index (χ0) is 17.4. The van der Waals surface area contributed by atoms with Crippen LogP contribution in [-0.4, -0.2) is 41.5 Å². The highest BCUT2D eigenvalue weighted by molar-refractivity contribution is 5.86. The van der Waals surface area contributed by atoms with Crippen molar-refractivity contribution < 1.29 is 14.3 Å². The fourth-order valence-corrected chi connectivity index (χ4v) is 3.60. The number of rotatable bonds is 6. The monoisotopic (exact) mass is 339 g/mol. The third-order valence-corrected chi connectivity index (χ3v) is 5.07. The molecule has 0 spiro atoms. The predicted octanol–water partition coefficient (Wildman–Crippen LogP) is 2.38. The van der Waals surface area contributed by atoms with Crippen molar-refractivity contribution in [1.29, 1.82) is 0 Å². The second kappa shape index (κ2) is 6.35. The number of hydrogen-bond acceptors (Lipinski definition) is 5. The van der Waals surface area contributed by atoms with Crippen LogP contribution < -0.4 is 4.90 Å². The van der Waals surface area contributed by atoms with E-state index in [1.165, 1.54) is 6.42 Å². The van der Waals surface area contributed by atoms with Gasteiger partial charge < -0.3 is 14.2 Å². The van der Waals surface area contributed by atoms with Gasteiger partial charge >= 0.3 is 5.97 Å². The summed E-state index contributed by atoms with van der Waals surface area (Å²) < 4.78 is 6.74. The van der Waals surface area contributed by atoms with E-state index in [1.54, 1.807) is 24.0 Å². The van der Waals surface area contributed by atoms with Crippen LogP contribution in [0.25, 0.3) is 0 Å². The van der Waals surface area contributed by atoms with Crippen LogP contribution in [-0.2, 0) is 11.3 Å². The van der Waals surface area contributed by atoms with Crippen molar-refractivity contribution in [1.82, 2.24) is 9.55 Å². The van der Waals surface area contributed by atoms with Gasteiger partial charge in [-0.05, 0) is 42.9 Å². The van der Waals surface area contributed by atoms with Crippen molar-refractivity contribution in [3.63, 3.8) is 0 Å². The Kier molecular flexibility index (Phi) is 4.03. The number of nitrogens with zero attached hydrogens (tertiary/aromatic N) is 3. The van der Waals surface area contributed by atoms with E-state index in [-0.39, 0.29) is 5.69 Å². The third kappa shape index (κ3) is 3.16. The first-order valence-electron chi connectivity index (χ1n) is 8.70. The topological polar surface area (TPSA) is 64.4 Å². The second-order valence-corrected chi connectivity index (χ2v) is 6.81. The number of carbonyl (C=O) groups is 2. The maximum atomic E-state index is 11.7. The molecule has 2 aliphatic rings. The minimum atomic E-state index is -0.431. The van der Waals surface area contributed by atoms with Crippen molar-refractivity contribution in [2.45, 2.75) is 19.9 Å². The smallest absolute Gasteiger partial charge is 0.358 e. The standard InChI is InChI=1S/C19H21N3O3/c1-2-25-19(24)18-10-21(12-20-18)7-13-3-4-17(6-16(13)11-23)22-8-14-5-15(14)9-22/h3-4,6,10-12,14-15H,2,5,7-9H2,1H3. The van der Waals surface area contributed by atoms with Gasteiger partial charge in [-0.2, -0.15) is 0 Å². The molecule has 130 valence electrons. The van der Waals surface area contributed by atoms with Crippen molar-refractivity contribution in [3.8, 4) is 0 Å². The fraction of sp³-hybridized carbons (Fsp3) is 0.421. The molecule has 2 fully saturated rings. The van der Waals surface area contributed by atoms with Crippen molar-refractivity contribution in [3.05, 3.63) is 47.5 Å². The molecule has 2 aromatic rings. The number of carbonyl (C=O) groups excluding carboxylic acids is 2. The van der Waals surface area contributed by atoms with Gasteiger partial charge in [0.2, 0.25) is 0 Å². The first-order chi connectivity index (χ1) is 12.2. The molecule has 0 N–H and O–H groups in total. The van der Waals surface area contributed by atoms with Crippen LogP contribution in [0.2, 0.25) is 0 Å². The molecule has 4 rings (SSSR count). The number of imidazole rings is 1. The van der Waals surface area contributed by atoms with E-state index >= 15 is 0 Å². The number of fused-ring (bicyclic) bond motifs is 1. The Bertz CT molecular complexity index is 804. The van der Waals surface area contributed by atoms with Crippen LogP contribution in [0.3, 0.4) is 0 Å². The number of aromatic nitrogens is 2. The highest BCUT2D eigenvalue weighted by Gasteiger charge is 2.45. The highest BCUT2D eigenvalue weighted by atomic mass is 16.5. The average Bonchev–Trinajstić information content (AvgIpc) is 3.02. The molecule has 1 aromatic carbocycles. The third-order valence-electron chi connectivity index (χ3n) is 5.07. The molecule has 25 heavy (non-hydrogen) atoms. The summed E-state index contributed by atoms with van der Waals surface area (Å²) in [7, 11) is 0. The van der Waals surface area contributed by atoms with Gasteiger partial charge in [0.05, 0.1) is 12.9 Å². The normalized spacial score (nSPS) is 21.1. The van der Waals surface area contributed by atoms with Crippen LogP contribution in [0.5, 0.6) is 0 Å². The zero-order valence-corrected chi connectivity index (χ0v) is 14.2. The molecule has 1 aliphatic carbocycles. The van der Waals surface area contributed by atoms with Crippen LogP contribution in [0, 0.1) is 11.8 Å². The molecule has 2 unspecified atom stereocenters. The summed E-state index contributed by atoms with van der Waals surface area (Å²) in [6.07, 6.45) is 5.49. The van der Waals surface area contributed by atoms with E-state index in [0.29, 0.717) is 18.7 Å². The molecular weight excluding hydrogens is 318 g/mol. The lowest BCUT2D eigenvalue weighted by Crippen LogP contribution is -2.22. The van der Waals surface area contributed by atoms with Gasteiger partial charge in [-0.15, -0.1) is 0 Å². The molecule has 1 aliphatic heterocycles.